The minimum atomic E-state index is -4.07. The Morgan fingerprint density at radius 1 is 1.39 bits per heavy atom. The zero-order valence-corrected chi connectivity index (χ0v) is 13.7. The lowest BCUT2D eigenvalue weighted by atomic mass is 9.98. The van der Waals surface area contributed by atoms with Crippen molar-refractivity contribution < 1.29 is 17.7 Å². The standard InChI is InChI=1S/C14H20FN3O4S/c1-2-16-10-11-6-8-17(9-7-11)23(21,22)13-5-3-4-12(15)14(13)18(19)20/h3-5,11,16H,2,6-10H2,1H3. The van der Waals surface area contributed by atoms with Crippen LogP contribution in [0, 0.1) is 21.8 Å². The Balaban J connectivity index is 2.21. The van der Waals surface area contributed by atoms with Crippen LogP contribution >= 0.6 is 0 Å². The van der Waals surface area contributed by atoms with E-state index in [1.165, 1.54) is 10.4 Å². The highest BCUT2D eigenvalue weighted by molar-refractivity contribution is 7.89. The molecule has 1 N–H and O–H groups in total. The van der Waals surface area contributed by atoms with Crippen LogP contribution < -0.4 is 5.32 Å². The van der Waals surface area contributed by atoms with Crippen molar-refractivity contribution in [3.05, 3.63) is 34.1 Å². The molecule has 0 atom stereocenters. The summed E-state index contributed by atoms with van der Waals surface area (Å²) in [6.07, 6.45) is 1.35. The van der Waals surface area contributed by atoms with Crippen molar-refractivity contribution in [1.29, 1.82) is 0 Å². The lowest BCUT2D eigenvalue weighted by Gasteiger charge is -2.31. The molecule has 0 spiro atoms. The normalized spacial score (nSPS) is 17.3. The van der Waals surface area contributed by atoms with E-state index in [0.717, 1.165) is 25.2 Å². The second-order valence-corrected chi connectivity index (χ2v) is 7.41. The van der Waals surface area contributed by atoms with Crippen LogP contribution in [-0.2, 0) is 10.0 Å². The summed E-state index contributed by atoms with van der Waals surface area (Å²) in [5, 5.41) is 14.2. The zero-order valence-electron chi connectivity index (χ0n) is 12.9. The summed E-state index contributed by atoms with van der Waals surface area (Å²) in [4.78, 5) is 9.45. The number of piperidine rings is 1. The number of hydrogen-bond donors (Lipinski definition) is 1. The molecule has 1 aromatic rings. The molecule has 23 heavy (non-hydrogen) atoms. The highest BCUT2D eigenvalue weighted by atomic mass is 32.2. The van der Waals surface area contributed by atoms with Gasteiger partial charge in [0.1, 0.15) is 0 Å². The molecule has 1 aromatic carbocycles. The van der Waals surface area contributed by atoms with Crippen LogP contribution in [-0.4, -0.2) is 43.8 Å². The average molecular weight is 345 g/mol. The van der Waals surface area contributed by atoms with Crippen LogP contribution in [0.5, 0.6) is 0 Å². The maximum atomic E-state index is 13.7. The van der Waals surface area contributed by atoms with E-state index in [1.54, 1.807) is 0 Å². The summed E-state index contributed by atoms with van der Waals surface area (Å²) in [7, 11) is -4.07. The van der Waals surface area contributed by atoms with E-state index in [4.69, 9.17) is 0 Å². The van der Waals surface area contributed by atoms with Gasteiger partial charge in [-0.1, -0.05) is 13.0 Å². The van der Waals surface area contributed by atoms with Gasteiger partial charge in [0.2, 0.25) is 15.8 Å². The summed E-state index contributed by atoms with van der Waals surface area (Å²) < 4.78 is 40.1. The molecule has 128 valence electrons. The summed E-state index contributed by atoms with van der Waals surface area (Å²) in [5.41, 5.74) is -0.984. The highest BCUT2D eigenvalue weighted by Gasteiger charge is 2.35. The van der Waals surface area contributed by atoms with Gasteiger partial charge in [-0.15, -0.1) is 0 Å². The average Bonchev–Trinajstić information content (AvgIpc) is 2.52. The first-order valence-corrected chi connectivity index (χ1v) is 8.95. The molecular weight excluding hydrogens is 325 g/mol. The Labute approximate surface area is 134 Å². The first-order valence-electron chi connectivity index (χ1n) is 7.51. The molecule has 1 heterocycles. The molecule has 1 fully saturated rings. The van der Waals surface area contributed by atoms with E-state index in [9.17, 15) is 22.9 Å². The largest absolute Gasteiger partial charge is 0.324 e. The van der Waals surface area contributed by atoms with Gasteiger partial charge in [0.05, 0.1) is 4.92 Å². The number of nitrogens with one attached hydrogen (secondary N) is 1. The van der Waals surface area contributed by atoms with Crippen molar-refractivity contribution in [3.63, 3.8) is 0 Å². The predicted octanol–water partition coefficient (Wildman–Crippen LogP) is 1.74. The van der Waals surface area contributed by atoms with Crippen LogP contribution in [0.25, 0.3) is 0 Å². The molecule has 0 amide bonds. The number of hydrogen-bond acceptors (Lipinski definition) is 5. The first kappa shape index (κ1) is 17.8. The molecule has 0 aromatic heterocycles. The van der Waals surface area contributed by atoms with Crippen LogP contribution in [0.2, 0.25) is 0 Å². The van der Waals surface area contributed by atoms with Gasteiger partial charge in [-0.3, -0.25) is 10.1 Å². The fourth-order valence-corrected chi connectivity index (χ4v) is 4.36. The van der Waals surface area contributed by atoms with Gasteiger partial charge in [0, 0.05) is 13.1 Å². The molecule has 0 aliphatic carbocycles. The minimum absolute atomic E-state index is 0.284. The SMILES string of the molecule is CCNCC1CCN(S(=O)(=O)c2cccc(F)c2[N+](=O)[O-])CC1. The summed E-state index contributed by atoms with van der Waals surface area (Å²) in [6.45, 7) is 4.25. The molecule has 0 unspecified atom stereocenters. The van der Waals surface area contributed by atoms with Crippen molar-refractivity contribution in [1.82, 2.24) is 9.62 Å². The Morgan fingerprint density at radius 2 is 2.04 bits per heavy atom. The molecule has 2 rings (SSSR count). The number of sulfonamides is 1. The molecule has 1 aliphatic rings. The van der Waals surface area contributed by atoms with Crippen molar-refractivity contribution in [3.8, 4) is 0 Å². The fourth-order valence-electron chi connectivity index (χ4n) is 2.72. The van der Waals surface area contributed by atoms with Gasteiger partial charge >= 0.3 is 5.69 Å². The smallest absolute Gasteiger partial charge is 0.317 e. The fraction of sp³-hybridized carbons (Fsp3) is 0.571. The number of halogens is 1. The number of nitrogens with zero attached hydrogens (tertiary/aromatic N) is 2. The summed E-state index contributed by atoms with van der Waals surface area (Å²) in [5.74, 6) is -0.762. The van der Waals surface area contributed by atoms with Gasteiger partial charge in [-0.2, -0.15) is 8.70 Å². The van der Waals surface area contributed by atoms with E-state index in [2.05, 4.69) is 5.32 Å². The Bertz CT molecular complexity index is 673. The molecule has 1 saturated heterocycles. The lowest BCUT2D eigenvalue weighted by molar-refractivity contribution is -0.390. The van der Waals surface area contributed by atoms with E-state index in [1.807, 2.05) is 6.92 Å². The number of rotatable bonds is 6. The summed E-state index contributed by atoms with van der Waals surface area (Å²) in [6, 6.07) is 3.15. The Hall–Kier alpha value is -1.58. The van der Waals surface area contributed by atoms with Gasteiger partial charge in [-0.05, 0) is 44.0 Å². The number of nitro groups is 1. The van der Waals surface area contributed by atoms with Gasteiger partial charge in [0.25, 0.3) is 0 Å². The monoisotopic (exact) mass is 345 g/mol. The molecule has 0 bridgehead atoms. The van der Waals surface area contributed by atoms with E-state index in [-0.39, 0.29) is 13.1 Å². The molecular formula is C14H20FN3O4S. The number of para-hydroxylation sites is 1. The van der Waals surface area contributed by atoms with Crippen LogP contribution in [0.1, 0.15) is 19.8 Å². The van der Waals surface area contributed by atoms with Crippen LogP contribution in [0.3, 0.4) is 0 Å². The Morgan fingerprint density at radius 3 is 2.61 bits per heavy atom. The lowest BCUT2D eigenvalue weighted by Crippen LogP contribution is -2.40. The third kappa shape index (κ3) is 3.85. The van der Waals surface area contributed by atoms with Crippen molar-refractivity contribution in [2.75, 3.05) is 26.2 Å². The third-order valence-corrected chi connectivity index (χ3v) is 5.94. The van der Waals surface area contributed by atoms with Crippen molar-refractivity contribution in [2.45, 2.75) is 24.7 Å². The maximum absolute atomic E-state index is 13.7. The summed E-state index contributed by atoms with van der Waals surface area (Å²) >= 11 is 0. The number of benzene rings is 1. The quantitative estimate of drug-likeness (QED) is 0.626. The van der Waals surface area contributed by atoms with Gasteiger partial charge < -0.3 is 5.32 Å². The number of nitro benzene ring substituents is 1. The highest BCUT2D eigenvalue weighted by Crippen LogP contribution is 2.31. The second kappa shape index (κ2) is 7.33. The second-order valence-electron chi connectivity index (χ2n) is 5.50. The first-order chi connectivity index (χ1) is 10.9. The molecule has 0 radical (unpaired) electrons. The molecule has 1 aliphatic heterocycles. The van der Waals surface area contributed by atoms with Gasteiger partial charge in [0.15, 0.2) is 4.90 Å². The zero-order chi connectivity index (χ0) is 17.0. The third-order valence-electron chi connectivity index (χ3n) is 4.01. The van der Waals surface area contributed by atoms with Crippen LogP contribution in [0.15, 0.2) is 23.1 Å². The van der Waals surface area contributed by atoms with Crippen molar-refractivity contribution in [2.24, 2.45) is 5.92 Å². The topological polar surface area (TPSA) is 92.6 Å². The molecule has 7 nitrogen and oxygen atoms in total. The minimum Gasteiger partial charge on any atom is -0.317 e. The van der Waals surface area contributed by atoms with E-state index >= 15 is 0 Å². The van der Waals surface area contributed by atoms with Crippen LogP contribution in [0.4, 0.5) is 10.1 Å². The Kier molecular flexibility index (Phi) is 5.66. The van der Waals surface area contributed by atoms with E-state index < -0.39 is 31.3 Å². The van der Waals surface area contributed by atoms with Gasteiger partial charge in [-0.25, -0.2) is 8.42 Å². The predicted molar refractivity (Wildman–Crippen MR) is 83.1 cm³/mol. The molecule has 9 heteroatoms. The van der Waals surface area contributed by atoms with Crippen molar-refractivity contribution >= 4 is 15.7 Å². The van der Waals surface area contributed by atoms with E-state index in [0.29, 0.717) is 18.8 Å². The maximum Gasteiger partial charge on any atom is 0.324 e. The molecule has 0 saturated carbocycles.